The van der Waals surface area contributed by atoms with Crippen molar-refractivity contribution in [3.63, 3.8) is 0 Å². The molecule has 2 unspecified atom stereocenters. The van der Waals surface area contributed by atoms with Gasteiger partial charge in [0.25, 0.3) is 0 Å². The third-order valence-electron chi connectivity index (χ3n) is 8.90. The van der Waals surface area contributed by atoms with Gasteiger partial charge in [-0.3, -0.25) is 0 Å². The first kappa shape index (κ1) is 22.8. The van der Waals surface area contributed by atoms with Crippen LogP contribution in [-0.2, 0) is 0 Å². The van der Waals surface area contributed by atoms with Crippen LogP contribution in [0.15, 0.2) is 59.1 Å². The van der Waals surface area contributed by atoms with Crippen LogP contribution < -0.4 is 9.64 Å². The predicted octanol–water partition coefficient (Wildman–Crippen LogP) is 6.88. The van der Waals surface area contributed by atoms with E-state index in [2.05, 4.69) is 76.6 Å². The molecule has 1 aliphatic heterocycles. The van der Waals surface area contributed by atoms with Crippen LogP contribution in [0, 0.1) is 36.0 Å². The molecule has 0 radical (unpaired) electrons. The minimum Gasteiger partial charge on any atom is -0.490 e. The Kier molecular flexibility index (Phi) is 5.10. The highest BCUT2D eigenvalue weighted by Crippen LogP contribution is 2.54. The van der Waals surface area contributed by atoms with E-state index in [-0.39, 0.29) is 6.10 Å². The fraction of sp³-hybridized carbons (Fsp3) is 0.364. The summed E-state index contributed by atoms with van der Waals surface area (Å²) < 4.78 is 12.1. The largest absolute Gasteiger partial charge is 0.490 e. The maximum absolute atomic E-state index is 9.40. The van der Waals surface area contributed by atoms with Crippen LogP contribution >= 0.6 is 0 Å². The van der Waals surface area contributed by atoms with E-state index in [1.54, 1.807) is 6.07 Å². The van der Waals surface area contributed by atoms with Gasteiger partial charge in [0.05, 0.1) is 11.6 Å². The minimum absolute atomic E-state index is 0.273. The lowest BCUT2D eigenvalue weighted by atomic mass is 9.99. The summed E-state index contributed by atoms with van der Waals surface area (Å²) in [6.07, 6.45) is 9.55. The lowest BCUT2D eigenvalue weighted by molar-refractivity contribution is 0.306. The van der Waals surface area contributed by atoms with Gasteiger partial charge in [0.15, 0.2) is 0 Å². The summed E-state index contributed by atoms with van der Waals surface area (Å²) in [5, 5.41) is 14.9. The van der Waals surface area contributed by atoms with Gasteiger partial charge in [-0.25, -0.2) is 4.98 Å². The van der Waals surface area contributed by atoms with Crippen molar-refractivity contribution in [2.75, 3.05) is 18.0 Å². The fourth-order valence-corrected chi connectivity index (χ4v) is 6.32. The molecule has 2 atom stereocenters. The molecule has 8 rings (SSSR count). The standard InChI is InChI=1S/C33H30N4O2/c1-19-4-2-3-5-24(19)32-26(33(39-36-32)20-6-7-20)12-11-25-28-17-37(18-29(25)28)22-8-13-30-27(15-22)31(38-23-9-10-23)14-21(16-34)35-30/h2-5,8,11-15,20,23,25,28-29H,6-7,9-10,17-18H2,1H3/b12-11+. The van der Waals surface area contributed by atoms with Gasteiger partial charge in [-0.15, -0.1) is 0 Å². The first-order valence-electron chi connectivity index (χ1n) is 14.2. The Bertz CT molecular complexity index is 1660. The fourth-order valence-electron chi connectivity index (χ4n) is 6.32. The molecule has 0 amide bonds. The van der Waals surface area contributed by atoms with Crippen LogP contribution in [0.5, 0.6) is 5.75 Å². The van der Waals surface area contributed by atoms with Gasteiger partial charge in [-0.1, -0.05) is 41.6 Å². The van der Waals surface area contributed by atoms with Crippen LogP contribution in [0.25, 0.3) is 28.2 Å². The number of nitrogens with zero attached hydrogens (tertiary/aromatic N) is 4. The summed E-state index contributed by atoms with van der Waals surface area (Å²) in [5.41, 5.74) is 6.98. The van der Waals surface area contributed by atoms with Crippen molar-refractivity contribution in [1.82, 2.24) is 10.1 Å². The summed E-state index contributed by atoms with van der Waals surface area (Å²) in [4.78, 5) is 7.00. The van der Waals surface area contributed by atoms with Crippen LogP contribution in [-0.4, -0.2) is 29.3 Å². The Hall–Kier alpha value is -4.11. The molecule has 0 N–H and O–H groups in total. The average Bonchev–Trinajstić information content (AvgIpc) is 3.93. The molecule has 1 saturated heterocycles. The molecule has 3 aliphatic carbocycles. The molecule has 4 fully saturated rings. The number of fused-ring (bicyclic) bond motifs is 2. The van der Waals surface area contributed by atoms with E-state index in [4.69, 9.17) is 9.26 Å². The number of piperidine rings is 1. The van der Waals surface area contributed by atoms with E-state index in [9.17, 15) is 5.26 Å². The van der Waals surface area contributed by atoms with Gasteiger partial charge in [-0.05, 0) is 74.1 Å². The summed E-state index contributed by atoms with van der Waals surface area (Å²) >= 11 is 0. The van der Waals surface area contributed by atoms with Crippen molar-refractivity contribution in [1.29, 1.82) is 5.26 Å². The zero-order chi connectivity index (χ0) is 26.1. The Labute approximate surface area is 227 Å². The van der Waals surface area contributed by atoms with Gasteiger partial charge >= 0.3 is 0 Å². The molecule has 4 aromatic rings. The molecular weight excluding hydrogens is 484 g/mol. The van der Waals surface area contributed by atoms with E-state index in [0.29, 0.717) is 29.4 Å². The van der Waals surface area contributed by atoms with E-state index < -0.39 is 0 Å². The summed E-state index contributed by atoms with van der Waals surface area (Å²) in [6.45, 7) is 4.25. The van der Waals surface area contributed by atoms with E-state index in [1.165, 1.54) is 29.7 Å². The number of benzene rings is 2. The Morgan fingerprint density at radius 1 is 1.05 bits per heavy atom. The average molecular weight is 515 g/mol. The molecule has 0 spiro atoms. The van der Waals surface area contributed by atoms with Gasteiger partial charge in [0.1, 0.15) is 29.0 Å². The third-order valence-corrected chi connectivity index (χ3v) is 8.90. The van der Waals surface area contributed by atoms with E-state index in [1.807, 2.05) is 6.07 Å². The molecule has 194 valence electrons. The van der Waals surface area contributed by atoms with Crippen molar-refractivity contribution in [2.45, 2.75) is 44.6 Å². The first-order valence-corrected chi connectivity index (χ1v) is 14.2. The highest BCUT2D eigenvalue weighted by atomic mass is 16.5. The maximum Gasteiger partial charge on any atom is 0.147 e. The third kappa shape index (κ3) is 4.08. The minimum atomic E-state index is 0.273. The van der Waals surface area contributed by atoms with Gasteiger partial charge in [-0.2, -0.15) is 5.26 Å². The SMILES string of the molecule is Cc1ccccc1-c1noc(C2CC2)c1/C=C/C1C2CN(c3ccc4nc(C#N)cc(OC5CC5)c4c3)CC12. The number of hydrogen-bond donors (Lipinski definition) is 0. The smallest absolute Gasteiger partial charge is 0.147 e. The van der Waals surface area contributed by atoms with Gasteiger partial charge in [0.2, 0.25) is 0 Å². The summed E-state index contributed by atoms with van der Waals surface area (Å²) in [5.74, 6) is 4.31. The normalized spacial score (nSPS) is 23.8. The van der Waals surface area contributed by atoms with Crippen molar-refractivity contribution < 1.29 is 9.26 Å². The number of anilines is 1. The zero-order valence-electron chi connectivity index (χ0n) is 22.0. The first-order chi connectivity index (χ1) is 19.2. The lowest BCUT2D eigenvalue weighted by Gasteiger charge is -2.22. The number of ether oxygens (including phenoxy) is 1. The Balaban J connectivity index is 1.02. The molecule has 6 nitrogen and oxygen atoms in total. The quantitative estimate of drug-likeness (QED) is 0.267. The van der Waals surface area contributed by atoms with Crippen molar-refractivity contribution in [3.05, 3.63) is 77.2 Å². The molecule has 2 aromatic carbocycles. The van der Waals surface area contributed by atoms with E-state index >= 15 is 0 Å². The molecule has 6 heteroatoms. The van der Waals surface area contributed by atoms with Crippen LogP contribution in [0.1, 0.15) is 54.2 Å². The van der Waals surface area contributed by atoms with Crippen molar-refractivity contribution in [3.8, 4) is 23.1 Å². The van der Waals surface area contributed by atoms with Gasteiger partial charge in [0, 0.05) is 47.3 Å². The topological polar surface area (TPSA) is 75.2 Å². The lowest BCUT2D eigenvalue weighted by Crippen LogP contribution is -2.23. The highest BCUT2D eigenvalue weighted by molar-refractivity contribution is 5.89. The van der Waals surface area contributed by atoms with Crippen molar-refractivity contribution >= 4 is 22.7 Å². The van der Waals surface area contributed by atoms with E-state index in [0.717, 1.165) is 59.6 Å². The predicted molar refractivity (Wildman–Crippen MR) is 150 cm³/mol. The number of aryl methyl sites for hydroxylation is 1. The maximum atomic E-state index is 9.40. The molecule has 3 saturated carbocycles. The number of hydrogen-bond acceptors (Lipinski definition) is 6. The highest BCUT2D eigenvalue weighted by Gasteiger charge is 2.54. The molecule has 39 heavy (non-hydrogen) atoms. The number of nitriles is 1. The molecular formula is C33H30N4O2. The second-order valence-electron chi connectivity index (χ2n) is 11.7. The zero-order valence-corrected chi connectivity index (χ0v) is 22.0. The summed E-state index contributed by atoms with van der Waals surface area (Å²) in [6, 6.07) is 18.8. The number of allylic oxidation sites excluding steroid dienone is 1. The molecule has 4 aliphatic rings. The van der Waals surface area contributed by atoms with Crippen LogP contribution in [0.4, 0.5) is 5.69 Å². The molecule has 0 bridgehead atoms. The second kappa shape index (κ2) is 8.71. The molecule has 2 aromatic heterocycles. The second-order valence-corrected chi connectivity index (χ2v) is 11.7. The number of rotatable bonds is 7. The Morgan fingerprint density at radius 3 is 2.62 bits per heavy atom. The number of aromatic nitrogens is 2. The number of pyridine rings is 1. The monoisotopic (exact) mass is 514 g/mol. The van der Waals surface area contributed by atoms with Gasteiger partial charge < -0.3 is 14.2 Å². The van der Waals surface area contributed by atoms with Crippen LogP contribution in [0.3, 0.4) is 0 Å². The van der Waals surface area contributed by atoms with Crippen molar-refractivity contribution in [2.24, 2.45) is 17.8 Å². The Morgan fingerprint density at radius 2 is 1.87 bits per heavy atom. The van der Waals surface area contributed by atoms with Crippen LogP contribution in [0.2, 0.25) is 0 Å². The molecule has 3 heterocycles. The summed E-state index contributed by atoms with van der Waals surface area (Å²) in [7, 11) is 0.